The zero-order valence-corrected chi connectivity index (χ0v) is 22.4. The molecule has 0 aromatic heterocycles. The molecule has 1 aliphatic rings. The van der Waals surface area contributed by atoms with Crippen LogP contribution in [0.15, 0.2) is 66.7 Å². The maximum atomic E-state index is 3.56. The van der Waals surface area contributed by atoms with Gasteiger partial charge in [0, 0.05) is 25.8 Å². The van der Waals surface area contributed by atoms with Gasteiger partial charge in [-0.05, 0) is 11.3 Å². The van der Waals surface area contributed by atoms with Crippen molar-refractivity contribution in [1.29, 1.82) is 0 Å². The van der Waals surface area contributed by atoms with Gasteiger partial charge in [0.1, 0.15) is 0 Å². The van der Waals surface area contributed by atoms with Crippen LogP contribution in [0.1, 0.15) is 31.4 Å². The van der Waals surface area contributed by atoms with Crippen molar-refractivity contribution in [2.24, 2.45) is 5.92 Å². The number of allylic oxidation sites excluding steroid dienone is 2. The summed E-state index contributed by atoms with van der Waals surface area (Å²) in [5.74, 6) is 0.697. The molecule has 0 unspecified atom stereocenters. The largest absolute Gasteiger partial charge is 0.358 e. The van der Waals surface area contributed by atoms with Crippen LogP contribution in [-0.4, -0.2) is 0 Å². The minimum absolute atomic E-state index is 0. The van der Waals surface area contributed by atoms with E-state index in [0.29, 0.717) is 5.92 Å². The summed E-state index contributed by atoms with van der Waals surface area (Å²) in [4.78, 5) is 0. The number of rotatable bonds is 2. The molecular formula is C27H37Hf-7. The normalized spacial score (nSPS) is 10.0. The average molecular weight is 540 g/mol. The maximum Gasteiger partial charge on any atom is 0 e. The summed E-state index contributed by atoms with van der Waals surface area (Å²) in [7, 11) is 0. The molecule has 0 N–H and O–H groups in total. The third kappa shape index (κ3) is 8.35. The van der Waals surface area contributed by atoms with E-state index in [4.69, 9.17) is 0 Å². The predicted molar refractivity (Wildman–Crippen MR) is 128 cm³/mol. The molecule has 28 heavy (non-hydrogen) atoms. The van der Waals surface area contributed by atoms with Crippen molar-refractivity contribution in [2.45, 2.75) is 26.7 Å². The summed E-state index contributed by atoms with van der Waals surface area (Å²) in [6, 6.07) is 23.2. The van der Waals surface area contributed by atoms with Gasteiger partial charge in [-0.2, -0.15) is 23.8 Å². The first-order chi connectivity index (χ1) is 10.8. The SMILES string of the molecule is CC(C)CC1=[C-]Cc2ccc3ccccc3c21.[CH3-].[CH3-].[CH3-].[CH3-].[CH3-].[Hf].c1cc[cH-]c1. The third-order valence-electron chi connectivity index (χ3n) is 3.98. The molecular weight excluding hydrogens is 503 g/mol. The molecule has 156 valence electrons. The number of benzene rings is 2. The van der Waals surface area contributed by atoms with Crippen LogP contribution in [0, 0.1) is 49.1 Å². The average Bonchev–Trinajstić information content (AvgIpc) is 3.20. The van der Waals surface area contributed by atoms with Gasteiger partial charge in [-0.25, -0.2) is 17.7 Å². The van der Waals surface area contributed by atoms with E-state index in [0.717, 1.165) is 12.8 Å². The molecule has 0 heterocycles. The van der Waals surface area contributed by atoms with Crippen molar-refractivity contribution in [3.8, 4) is 0 Å². The second kappa shape index (κ2) is 16.6. The number of hydrogen-bond donors (Lipinski definition) is 0. The molecule has 3 aromatic rings. The standard InChI is InChI=1S/C17H17.C5H5.5CH3.Hf/c1-12(2)11-15-10-9-14-8-7-13-5-3-4-6-16(13)17(14)15;1-2-4-5-3-1;;;;;;/h3-8,12H,9,11H2,1-2H3;1-5H;5*1H3;/q7*-1;. The van der Waals surface area contributed by atoms with Crippen LogP contribution in [0.25, 0.3) is 16.3 Å². The van der Waals surface area contributed by atoms with E-state index in [-0.39, 0.29) is 63.0 Å². The van der Waals surface area contributed by atoms with Crippen molar-refractivity contribution in [3.63, 3.8) is 0 Å². The van der Waals surface area contributed by atoms with Crippen molar-refractivity contribution in [2.75, 3.05) is 0 Å². The van der Waals surface area contributed by atoms with Crippen LogP contribution < -0.4 is 0 Å². The summed E-state index contributed by atoms with van der Waals surface area (Å²) < 4.78 is 0. The zero-order chi connectivity index (χ0) is 15.4. The van der Waals surface area contributed by atoms with E-state index >= 15 is 0 Å². The minimum Gasteiger partial charge on any atom is -0.358 e. The van der Waals surface area contributed by atoms with Gasteiger partial charge in [-0.3, -0.25) is 6.08 Å². The van der Waals surface area contributed by atoms with Crippen molar-refractivity contribution in [3.05, 3.63) is 121 Å². The molecule has 3 aromatic carbocycles. The van der Waals surface area contributed by atoms with E-state index in [9.17, 15) is 0 Å². The Morgan fingerprint density at radius 3 is 2.00 bits per heavy atom. The second-order valence-corrected chi connectivity index (χ2v) is 6.21. The first-order valence-corrected chi connectivity index (χ1v) is 8.03. The molecule has 0 fully saturated rings. The Morgan fingerprint density at radius 2 is 1.46 bits per heavy atom. The molecule has 0 nitrogen and oxygen atoms in total. The maximum absolute atomic E-state index is 3.56. The fraction of sp³-hybridized carbons (Fsp3) is 0.185. The minimum atomic E-state index is 0. The Kier molecular flexibility index (Phi) is 20.3. The Labute approximate surface area is 195 Å². The first kappa shape index (κ1) is 34.2. The Bertz CT molecular complexity index is 747. The van der Waals surface area contributed by atoms with E-state index in [1.165, 1.54) is 27.5 Å². The molecule has 0 saturated heterocycles. The van der Waals surface area contributed by atoms with Crippen LogP contribution in [0.2, 0.25) is 0 Å². The van der Waals surface area contributed by atoms with Gasteiger partial charge in [-0.1, -0.05) is 62.1 Å². The summed E-state index contributed by atoms with van der Waals surface area (Å²) in [6.07, 6.45) is 5.69. The van der Waals surface area contributed by atoms with Gasteiger partial charge in [0.05, 0.1) is 0 Å². The van der Waals surface area contributed by atoms with E-state index in [1.54, 1.807) is 0 Å². The molecule has 1 aliphatic carbocycles. The summed E-state index contributed by atoms with van der Waals surface area (Å²) in [5, 5.41) is 2.74. The van der Waals surface area contributed by atoms with Crippen LogP contribution >= 0.6 is 0 Å². The van der Waals surface area contributed by atoms with Gasteiger partial charge in [0.2, 0.25) is 0 Å². The molecule has 0 bridgehead atoms. The number of hydrogen-bond acceptors (Lipinski definition) is 0. The molecule has 0 amide bonds. The smallest absolute Gasteiger partial charge is 0 e. The van der Waals surface area contributed by atoms with Gasteiger partial charge in [-0.15, -0.1) is 12.0 Å². The third-order valence-corrected chi connectivity index (χ3v) is 3.98. The second-order valence-electron chi connectivity index (χ2n) is 6.21. The fourth-order valence-corrected chi connectivity index (χ4v) is 3.01. The van der Waals surface area contributed by atoms with E-state index in [1.807, 2.05) is 30.3 Å². The van der Waals surface area contributed by atoms with Crippen molar-refractivity contribution < 1.29 is 25.8 Å². The number of fused-ring (bicyclic) bond motifs is 3. The Balaban J connectivity index is -0.000000233. The quantitative estimate of drug-likeness (QED) is 0.227. The van der Waals surface area contributed by atoms with E-state index in [2.05, 4.69) is 56.3 Å². The summed E-state index contributed by atoms with van der Waals surface area (Å²) in [6.45, 7) is 4.55. The molecule has 1 heteroatoms. The molecule has 0 atom stereocenters. The monoisotopic (exact) mass is 541 g/mol. The Morgan fingerprint density at radius 1 is 0.857 bits per heavy atom. The summed E-state index contributed by atoms with van der Waals surface area (Å²) in [5.41, 5.74) is 4.32. The van der Waals surface area contributed by atoms with Crippen molar-refractivity contribution >= 4 is 16.3 Å². The van der Waals surface area contributed by atoms with Gasteiger partial charge < -0.3 is 37.1 Å². The molecule has 0 saturated carbocycles. The topological polar surface area (TPSA) is 0 Å². The predicted octanol–water partition coefficient (Wildman–Crippen LogP) is 8.28. The van der Waals surface area contributed by atoms with E-state index < -0.39 is 0 Å². The zero-order valence-electron chi connectivity index (χ0n) is 18.8. The van der Waals surface area contributed by atoms with Gasteiger partial charge in [0.25, 0.3) is 0 Å². The van der Waals surface area contributed by atoms with Crippen LogP contribution in [0.4, 0.5) is 0 Å². The fourth-order valence-electron chi connectivity index (χ4n) is 3.01. The van der Waals surface area contributed by atoms with Crippen molar-refractivity contribution in [1.82, 2.24) is 0 Å². The molecule has 0 aliphatic heterocycles. The Hall–Kier alpha value is -1.34. The molecule has 4 rings (SSSR count). The van der Waals surface area contributed by atoms with Crippen LogP contribution in [0.5, 0.6) is 0 Å². The van der Waals surface area contributed by atoms with Gasteiger partial charge >= 0.3 is 0 Å². The van der Waals surface area contributed by atoms with Gasteiger partial charge in [0.15, 0.2) is 0 Å². The molecule has 0 spiro atoms. The molecule has 0 radical (unpaired) electrons. The van der Waals surface area contributed by atoms with Crippen LogP contribution in [0.3, 0.4) is 0 Å². The summed E-state index contributed by atoms with van der Waals surface area (Å²) >= 11 is 0. The first-order valence-electron chi connectivity index (χ1n) is 8.03. The van der Waals surface area contributed by atoms with Crippen LogP contribution in [-0.2, 0) is 32.3 Å².